The van der Waals surface area contributed by atoms with Crippen LogP contribution in [0, 0.1) is 5.41 Å². The third-order valence-corrected chi connectivity index (χ3v) is 7.18. The van der Waals surface area contributed by atoms with Crippen LogP contribution in [-0.2, 0) is 6.42 Å². The van der Waals surface area contributed by atoms with E-state index in [1.807, 2.05) is 6.08 Å². The Bertz CT molecular complexity index is 988. The quantitative estimate of drug-likeness (QED) is 0.734. The zero-order valence-corrected chi connectivity index (χ0v) is 17.3. The highest BCUT2D eigenvalue weighted by Gasteiger charge is 2.45. The van der Waals surface area contributed by atoms with Crippen LogP contribution in [0.1, 0.15) is 42.0 Å². The second-order valence-electron chi connectivity index (χ2n) is 8.74. The summed E-state index contributed by atoms with van der Waals surface area (Å²) >= 11 is 0. The fraction of sp³-hybridized carbons (Fsp3) is 0.400. The van der Waals surface area contributed by atoms with Crippen molar-refractivity contribution in [1.82, 2.24) is 5.43 Å². The molecule has 0 amide bonds. The van der Waals surface area contributed by atoms with Gasteiger partial charge >= 0.3 is 0 Å². The molecule has 1 unspecified atom stereocenters. The predicted molar refractivity (Wildman–Crippen MR) is 123 cm³/mol. The first-order valence-electron chi connectivity index (χ1n) is 11.0. The summed E-state index contributed by atoms with van der Waals surface area (Å²) in [6, 6.07) is 17.4. The van der Waals surface area contributed by atoms with Crippen LogP contribution in [-0.4, -0.2) is 37.1 Å². The summed E-state index contributed by atoms with van der Waals surface area (Å²) in [5.74, 6) is 0. The summed E-state index contributed by atoms with van der Waals surface area (Å²) in [6.07, 6.45) is 6.06. The van der Waals surface area contributed by atoms with E-state index in [0.717, 1.165) is 62.2 Å². The molecule has 2 aromatic rings. The topological polar surface area (TPSA) is 73.9 Å². The second-order valence-corrected chi connectivity index (χ2v) is 8.74. The van der Waals surface area contributed by atoms with Crippen LogP contribution >= 0.6 is 0 Å². The summed E-state index contributed by atoms with van der Waals surface area (Å²) in [6.45, 7) is 2.86. The molecule has 2 heterocycles. The number of rotatable bonds is 4. The standard InChI is InChI=1S/C25H30N4O/c26-24-19-6-2-1-5-18(19)17-25(24)11-14-29(15-12-25)23-8-4-3-7-21(23)20(10-16-30)22-9-13-27-28-22/h1-8,10,24,27,30H,9,11-17,26H2. The van der Waals surface area contributed by atoms with E-state index < -0.39 is 0 Å². The van der Waals surface area contributed by atoms with E-state index in [4.69, 9.17) is 5.73 Å². The Labute approximate surface area is 178 Å². The van der Waals surface area contributed by atoms with E-state index >= 15 is 0 Å². The number of anilines is 1. The number of nitrogens with one attached hydrogen (secondary N) is 1. The Morgan fingerprint density at radius 2 is 1.93 bits per heavy atom. The zero-order chi connectivity index (χ0) is 20.6. The molecule has 30 heavy (non-hydrogen) atoms. The van der Waals surface area contributed by atoms with Gasteiger partial charge in [-0.15, -0.1) is 0 Å². The van der Waals surface area contributed by atoms with Gasteiger partial charge in [-0.05, 0) is 47.9 Å². The van der Waals surface area contributed by atoms with Gasteiger partial charge in [0.25, 0.3) is 0 Å². The van der Waals surface area contributed by atoms with E-state index in [1.165, 1.54) is 16.8 Å². The molecular weight excluding hydrogens is 372 g/mol. The lowest BCUT2D eigenvalue weighted by Gasteiger charge is -2.43. The highest BCUT2D eigenvalue weighted by atomic mass is 16.2. The van der Waals surface area contributed by atoms with Gasteiger partial charge in [0.15, 0.2) is 0 Å². The zero-order valence-electron chi connectivity index (χ0n) is 17.3. The molecule has 4 N–H and O–H groups in total. The molecule has 1 saturated heterocycles. The summed E-state index contributed by atoms with van der Waals surface area (Å²) < 4.78 is 0. The molecular formula is C25H30N4O. The highest BCUT2D eigenvalue weighted by Crippen LogP contribution is 2.51. The maximum atomic E-state index is 9.63. The van der Waals surface area contributed by atoms with Crippen molar-refractivity contribution in [2.45, 2.75) is 31.7 Å². The van der Waals surface area contributed by atoms with Gasteiger partial charge in [-0.1, -0.05) is 42.5 Å². The molecule has 156 valence electrons. The number of hydrazone groups is 1. The lowest BCUT2D eigenvalue weighted by atomic mass is 9.73. The Morgan fingerprint density at radius 1 is 1.17 bits per heavy atom. The van der Waals surface area contributed by atoms with Crippen molar-refractivity contribution >= 4 is 17.0 Å². The summed E-state index contributed by atoms with van der Waals surface area (Å²) in [5, 5.41) is 14.1. The van der Waals surface area contributed by atoms with Crippen molar-refractivity contribution in [3.63, 3.8) is 0 Å². The van der Waals surface area contributed by atoms with Crippen LogP contribution in [0.25, 0.3) is 5.57 Å². The van der Waals surface area contributed by atoms with E-state index in [-0.39, 0.29) is 18.1 Å². The highest BCUT2D eigenvalue weighted by molar-refractivity contribution is 6.25. The number of para-hydroxylation sites is 1. The second kappa shape index (κ2) is 7.89. The molecule has 0 aromatic heterocycles. The molecule has 3 aliphatic rings. The third kappa shape index (κ3) is 3.22. The van der Waals surface area contributed by atoms with Crippen LogP contribution in [0.2, 0.25) is 0 Å². The van der Waals surface area contributed by atoms with Crippen molar-refractivity contribution in [3.8, 4) is 0 Å². The van der Waals surface area contributed by atoms with Gasteiger partial charge in [0, 0.05) is 48.9 Å². The van der Waals surface area contributed by atoms with E-state index in [1.54, 1.807) is 0 Å². The van der Waals surface area contributed by atoms with Crippen LogP contribution < -0.4 is 16.1 Å². The third-order valence-electron chi connectivity index (χ3n) is 7.18. The van der Waals surface area contributed by atoms with Crippen molar-refractivity contribution in [2.75, 3.05) is 31.1 Å². The lowest BCUT2D eigenvalue weighted by molar-refractivity contribution is 0.187. The van der Waals surface area contributed by atoms with E-state index in [9.17, 15) is 5.11 Å². The fourth-order valence-electron chi connectivity index (χ4n) is 5.53. The van der Waals surface area contributed by atoms with Gasteiger partial charge in [-0.3, -0.25) is 0 Å². The number of piperidine rings is 1. The summed E-state index contributed by atoms with van der Waals surface area (Å²) in [5.41, 5.74) is 17.2. The van der Waals surface area contributed by atoms with Crippen LogP contribution in [0.4, 0.5) is 5.69 Å². The molecule has 0 saturated carbocycles. The number of aliphatic hydroxyl groups excluding tert-OH is 1. The molecule has 1 aliphatic carbocycles. The van der Waals surface area contributed by atoms with Crippen LogP contribution in [0.3, 0.4) is 0 Å². The van der Waals surface area contributed by atoms with Gasteiger partial charge < -0.3 is 21.2 Å². The number of allylic oxidation sites excluding steroid dienone is 1. The van der Waals surface area contributed by atoms with Crippen molar-refractivity contribution < 1.29 is 5.11 Å². The molecule has 0 bridgehead atoms. The molecule has 1 fully saturated rings. The number of hydrogen-bond acceptors (Lipinski definition) is 5. The van der Waals surface area contributed by atoms with Gasteiger partial charge in [0.05, 0.1) is 12.3 Å². The average molecular weight is 403 g/mol. The molecule has 0 radical (unpaired) electrons. The van der Waals surface area contributed by atoms with Crippen LogP contribution in [0.15, 0.2) is 59.7 Å². The van der Waals surface area contributed by atoms with Gasteiger partial charge in [0.2, 0.25) is 0 Å². The smallest absolute Gasteiger partial charge is 0.0697 e. The average Bonchev–Trinajstić information content (AvgIpc) is 3.41. The minimum Gasteiger partial charge on any atom is -0.392 e. The van der Waals surface area contributed by atoms with E-state index in [0.29, 0.717) is 0 Å². The van der Waals surface area contributed by atoms with E-state index in [2.05, 4.69) is 64.0 Å². The maximum Gasteiger partial charge on any atom is 0.0697 e. The van der Waals surface area contributed by atoms with Gasteiger partial charge in [0.1, 0.15) is 0 Å². The minimum absolute atomic E-state index is 0.0128. The van der Waals surface area contributed by atoms with Crippen molar-refractivity contribution in [3.05, 3.63) is 71.3 Å². The summed E-state index contributed by atoms with van der Waals surface area (Å²) in [4.78, 5) is 2.49. The van der Waals surface area contributed by atoms with Crippen molar-refractivity contribution in [1.29, 1.82) is 0 Å². The molecule has 5 nitrogen and oxygen atoms in total. The van der Waals surface area contributed by atoms with Gasteiger partial charge in [-0.25, -0.2) is 0 Å². The number of nitrogens with zero attached hydrogens (tertiary/aromatic N) is 2. The molecule has 5 heteroatoms. The monoisotopic (exact) mass is 402 g/mol. The SMILES string of the molecule is NC1c2ccccc2CC12CCN(c1ccccc1C(=CCO)C1=NNCC1)CC2. The number of hydrogen-bond donors (Lipinski definition) is 3. The fourth-order valence-corrected chi connectivity index (χ4v) is 5.53. The number of aliphatic hydroxyl groups is 1. The number of fused-ring (bicyclic) bond motifs is 1. The molecule has 2 aliphatic heterocycles. The Balaban J connectivity index is 1.40. The Kier molecular flexibility index (Phi) is 5.09. The van der Waals surface area contributed by atoms with Gasteiger partial charge in [-0.2, -0.15) is 5.10 Å². The molecule has 5 rings (SSSR count). The first kappa shape index (κ1) is 19.3. The lowest BCUT2D eigenvalue weighted by Crippen LogP contribution is -2.44. The number of nitrogens with two attached hydrogens (primary N) is 1. The normalized spacial score (nSPS) is 22.7. The molecule has 1 atom stereocenters. The van der Waals surface area contributed by atoms with Crippen LogP contribution in [0.5, 0.6) is 0 Å². The molecule has 1 spiro atoms. The minimum atomic E-state index is 0.0128. The maximum absolute atomic E-state index is 9.63. The first-order valence-corrected chi connectivity index (χ1v) is 11.0. The largest absolute Gasteiger partial charge is 0.392 e. The number of benzene rings is 2. The molecule has 2 aromatic carbocycles. The summed E-state index contributed by atoms with van der Waals surface area (Å²) in [7, 11) is 0. The Morgan fingerprint density at radius 3 is 2.67 bits per heavy atom. The predicted octanol–water partition coefficient (Wildman–Crippen LogP) is 3.25. The van der Waals surface area contributed by atoms with Crippen molar-refractivity contribution in [2.24, 2.45) is 16.3 Å². The Hall–Kier alpha value is -2.63. The first-order chi connectivity index (χ1) is 14.7.